The third-order valence-corrected chi connectivity index (χ3v) is 5.81. The first-order valence-electron chi connectivity index (χ1n) is 9.70. The van der Waals surface area contributed by atoms with Gasteiger partial charge in [-0.15, -0.1) is 0 Å². The second-order valence-corrected chi connectivity index (χ2v) is 8.83. The van der Waals surface area contributed by atoms with Crippen molar-refractivity contribution in [2.75, 3.05) is 6.61 Å². The third kappa shape index (κ3) is 3.65. The highest BCUT2D eigenvalue weighted by Crippen LogP contribution is 2.45. The summed E-state index contributed by atoms with van der Waals surface area (Å²) >= 11 is 0. The molecule has 156 valence electrons. The van der Waals surface area contributed by atoms with Gasteiger partial charge in [0.05, 0.1) is 31.0 Å². The summed E-state index contributed by atoms with van der Waals surface area (Å²) in [5, 5.41) is 32.6. The number of fused-ring (bicyclic) bond motifs is 3. The first-order valence-corrected chi connectivity index (χ1v) is 9.70. The van der Waals surface area contributed by atoms with Gasteiger partial charge in [0, 0.05) is 6.04 Å². The number of ether oxygens (including phenoxy) is 5. The first kappa shape index (κ1) is 19.9. The van der Waals surface area contributed by atoms with Crippen molar-refractivity contribution in [3.63, 3.8) is 0 Å². The SMILES string of the molecule is CC1(C)O[C@@H]2[C@H](O1)[C@H]1OC(C)(C)OC1O[C@@H]2CC[C@H]1N[C@H](CO)[C@@H](O)[C@@H]1O. The molecule has 0 saturated carbocycles. The molecular weight excluding hydrogens is 358 g/mol. The molecule has 9 heteroatoms. The Labute approximate surface area is 158 Å². The van der Waals surface area contributed by atoms with E-state index in [0.29, 0.717) is 12.8 Å². The summed E-state index contributed by atoms with van der Waals surface area (Å²) in [6, 6.07) is -0.851. The molecule has 0 amide bonds. The van der Waals surface area contributed by atoms with Crippen LogP contribution >= 0.6 is 0 Å². The second kappa shape index (κ2) is 6.86. The largest absolute Gasteiger partial charge is 0.395 e. The van der Waals surface area contributed by atoms with Gasteiger partial charge in [-0.25, -0.2) is 0 Å². The minimum absolute atomic E-state index is 0.228. The van der Waals surface area contributed by atoms with Crippen LogP contribution < -0.4 is 5.32 Å². The fourth-order valence-corrected chi connectivity index (χ4v) is 4.63. The van der Waals surface area contributed by atoms with Crippen LogP contribution in [0.2, 0.25) is 0 Å². The molecule has 4 rings (SSSR count). The van der Waals surface area contributed by atoms with Gasteiger partial charge in [0.25, 0.3) is 0 Å². The van der Waals surface area contributed by atoms with E-state index in [0.717, 1.165) is 0 Å². The van der Waals surface area contributed by atoms with Crippen LogP contribution in [0.3, 0.4) is 0 Å². The zero-order chi connectivity index (χ0) is 19.6. The van der Waals surface area contributed by atoms with Crippen molar-refractivity contribution in [3.05, 3.63) is 0 Å². The van der Waals surface area contributed by atoms with Crippen LogP contribution in [0, 0.1) is 0 Å². The highest BCUT2D eigenvalue weighted by atomic mass is 16.9. The van der Waals surface area contributed by atoms with Crippen LogP contribution in [0.5, 0.6) is 0 Å². The van der Waals surface area contributed by atoms with Crippen LogP contribution in [0.25, 0.3) is 0 Å². The predicted molar refractivity (Wildman–Crippen MR) is 91.6 cm³/mol. The van der Waals surface area contributed by atoms with Gasteiger partial charge in [-0.2, -0.15) is 0 Å². The maximum atomic E-state index is 10.2. The molecule has 4 N–H and O–H groups in total. The Bertz CT molecular complexity index is 557. The summed E-state index contributed by atoms with van der Waals surface area (Å²) in [6.07, 6.45) is -2.60. The maximum absolute atomic E-state index is 10.2. The molecule has 0 spiro atoms. The van der Waals surface area contributed by atoms with E-state index in [1.165, 1.54) is 0 Å². The lowest BCUT2D eigenvalue weighted by Crippen LogP contribution is -2.55. The molecule has 27 heavy (non-hydrogen) atoms. The fourth-order valence-electron chi connectivity index (χ4n) is 4.63. The van der Waals surface area contributed by atoms with E-state index in [2.05, 4.69) is 5.32 Å². The number of hydrogen-bond donors (Lipinski definition) is 4. The lowest BCUT2D eigenvalue weighted by Gasteiger charge is -2.37. The van der Waals surface area contributed by atoms with Crippen molar-refractivity contribution in [2.45, 2.75) is 107 Å². The van der Waals surface area contributed by atoms with Crippen LogP contribution in [-0.4, -0.2) is 88.5 Å². The Morgan fingerprint density at radius 2 is 1.37 bits per heavy atom. The Morgan fingerprint density at radius 3 is 2.04 bits per heavy atom. The van der Waals surface area contributed by atoms with Gasteiger partial charge in [0.2, 0.25) is 0 Å². The van der Waals surface area contributed by atoms with Gasteiger partial charge in [-0.05, 0) is 40.5 Å². The quantitative estimate of drug-likeness (QED) is 0.491. The molecular formula is C18H31NO8. The van der Waals surface area contributed by atoms with E-state index in [-0.39, 0.29) is 37.1 Å². The second-order valence-electron chi connectivity index (χ2n) is 8.83. The molecule has 4 aliphatic rings. The molecule has 9 atom stereocenters. The fraction of sp³-hybridized carbons (Fsp3) is 1.00. The molecule has 9 nitrogen and oxygen atoms in total. The third-order valence-electron chi connectivity index (χ3n) is 5.81. The predicted octanol–water partition coefficient (Wildman–Crippen LogP) is -0.782. The topological polar surface area (TPSA) is 119 Å². The molecule has 4 heterocycles. The highest BCUT2D eigenvalue weighted by Gasteiger charge is 2.60. The van der Waals surface area contributed by atoms with Gasteiger partial charge in [0.1, 0.15) is 18.3 Å². The summed E-state index contributed by atoms with van der Waals surface area (Å²) < 4.78 is 30.2. The summed E-state index contributed by atoms with van der Waals surface area (Å²) in [5.41, 5.74) is 0. The smallest absolute Gasteiger partial charge is 0.190 e. The molecule has 0 bridgehead atoms. The van der Waals surface area contributed by atoms with Crippen LogP contribution in [0.15, 0.2) is 0 Å². The standard InChI is InChI=1S/C18H31NO8/c1-17(2)24-13-10(6-5-8-11(21)12(22)9(7-20)19-8)23-16-15(14(13)25-17)26-18(3,4)27-16/h8-16,19-22H,5-7H2,1-4H3/t8-,9-,10-,11-,12-,13+,14+,15-,16?/m1/s1. The van der Waals surface area contributed by atoms with Gasteiger partial charge in [-0.3, -0.25) is 0 Å². The summed E-state index contributed by atoms with van der Waals surface area (Å²) in [4.78, 5) is 0. The van der Waals surface area contributed by atoms with E-state index in [4.69, 9.17) is 23.7 Å². The monoisotopic (exact) mass is 389 g/mol. The average Bonchev–Trinajstić information content (AvgIpc) is 3.16. The Balaban J connectivity index is 1.45. The van der Waals surface area contributed by atoms with Crippen molar-refractivity contribution < 1.29 is 39.0 Å². The van der Waals surface area contributed by atoms with Crippen molar-refractivity contribution in [3.8, 4) is 0 Å². The minimum Gasteiger partial charge on any atom is -0.395 e. The van der Waals surface area contributed by atoms with Crippen LogP contribution in [-0.2, 0) is 23.7 Å². The maximum Gasteiger partial charge on any atom is 0.190 e. The molecule has 0 aliphatic carbocycles. The lowest BCUT2D eigenvalue weighted by atomic mass is 9.93. The average molecular weight is 389 g/mol. The summed E-state index contributed by atoms with van der Waals surface area (Å²) in [7, 11) is 0. The van der Waals surface area contributed by atoms with Gasteiger partial charge in [-0.1, -0.05) is 0 Å². The zero-order valence-corrected chi connectivity index (χ0v) is 16.2. The molecule has 0 aromatic rings. The van der Waals surface area contributed by atoms with Crippen LogP contribution in [0.4, 0.5) is 0 Å². The lowest BCUT2D eigenvalue weighted by molar-refractivity contribution is -0.235. The molecule has 1 unspecified atom stereocenters. The van der Waals surface area contributed by atoms with E-state index >= 15 is 0 Å². The molecule has 4 saturated heterocycles. The normalized spacial score (nSPS) is 50.6. The Morgan fingerprint density at radius 1 is 0.778 bits per heavy atom. The highest BCUT2D eigenvalue weighted by molar-refractivity contribution is 5.02. The number of nitrogens with one attached hydrogen (secondary N) is 1. The number of aliphatic hydroxyl groups is 3. The zero-order valence-electron chi connectivity index (χ0n) is 16.2. The Kier molecular flexibility index (Phi) is 5.06. The molecule has 4 fully saturated rings. The minimum atomic E-state index is -0.984. The molecule has 0 radical (unpaired) electrons. The van der Waals surface area contributed by atoms with E-state index < -0.39 is 36.1 Å². The summed E-state index contributed by atoms with van der Waals surface area (Å²) in [6.45, 7) is 7.18. The van der Waals surface area contributed by atoms with Crippen molar-refractivity contribution in [1.29, 1.82) is 0 Å². The van der Waals surface area contributed by atoms with Crippen molar-refractivity contribution in [1.82, 2.24) is 5.32 Å². The van der Waals surface area contributed by atoms with E-state index in [9.17, 15) is 15.3 Å². The van der Waals surface area contributed by atoms with Gasteiger partial charge < -0.3 is 44.3 Å². The van der Waals surface area contributed by atoms with Crippen LogP contribution in [0.1, 0.15) is 40.5 Å². The van der Waals surface area contributed by atoms with Crippen molar-refractivity contribution in [2.24, 2.45) is 0 Å². The number of aliphatic hydroxyl groups excluding tert-OH is 3. The summed E-state index contributed by atoms with van der Waals surface area (Å²) in [5.74, 6) is -1.50. The van der Waals surface area contributed by atoms with Gasteiger partial charge >= 0.3 is 0 Å². The first-order chi connectivity index (χ1) is 12.6. The van der Waals surface area contributed by atoms with E-state index in [1.54, 1.807) is 0 Å². The van der Waals surface area contributed by atoms with Gasteiger partial charge in [0.15, 0.2) is 17.9 Å². The van der Waals surface area contributed by atoms with Crippen molar-refractivity contribution >= 4 is 0 Å². The molecule has 0 aromatic carbocycles. The van der Waals surface area contributed by atoms with E-state index in [1.807, 2.05) is 27.7 Å². The molecule has 0 aromatic heterocycles. The number of rotatable bonds is 4. The molecule has 4 aliphatic heterocycles. The Hall–Kier alpha value is -0.360. The number of hydrogen-bond acceptors (Lipinski definition) is 9.